The van der Waals surface area contributed by atoms with Crippen LogP contribution in [0.15, 0.2) is 88.2 Å². The molecule has 1 N–H and O–H groups in total. The van der Waals surface area contributed by atoms with E-state index in [9.17, 15) is 14.7 Å². The maximum Gasteiger partial charge on any atom is 0.341 e. The van der Waals surface area contributed by atoms with Gasteiger partial charge < -0.3 is 19.0 Å². The van der Waals surface area contributed by atoms with Crippen molar-refractivity contribution in [2.45, 2.75) is 19.3 Å². The lowest BCUT2D eigenvalue weighted by Gasteiger charge is -2.19. The lowest BCUT2D eigenvalue weighted by Crippen LogP contribution is -2.18. The van der Waals surface area contributed by atoms with E-state index in [4.69, 9.17) is 9.40 Å². The van der Waals surface area contributed by atoms with Crippen LogP contribution in [0.2, 0.25) is 0 Å². The van der Waals surface area contributed by atoms with Crippen LogP contribution in [0.4, 0.5) is 17.4 Å². The number of fused-ring (bicyclic) bond motifs is 2. The average Bonchev–Trinajstić information content (AvgIpc) is 3.72. The number of para-hydroxylation sites is 1. The molecule has 0 aliphatic carbocycles. The maximum absolute atomic E-state index is 12.7. The van der Waals surface area contributed by atoms with E-state index >= 15 is 0 Å². The number of pyridine rings is 1. The molecule has 0 unspecified atom stereocenters. The van der Waals surface area contributed by atoms with Crippen molar-refractivity contribution in [1.82, 2.24) is 9.55 Å². The maximum atomic E-state index is 12.7. The second-order valence-electron chi connectivity index (χ2n) is 10.0. The summed E-state index contributed by atoms with van der Waals surface area (Å²) in [6, 6.07) is 23.8. The zero-order valence-corrected chi connectivity index (χ0v) is 21.2. The highest BCUT2D eigenvalue weighted by atomic mass is 16.4. The molecular formula is C31H26N4O4. The van der Waals surface area contributed by atoms with E-state index in [2.05, 4.69) is 34.1 Å². The van der Waals surface area contributed by atoms with E-state index in [1.165, 1.54) is 30.7 Å². The van der Waals surface area contributed by atoms with Crippen molar-refractivity contribution >= 4 is 34.5 Å². The van der Waals surface area contributed by atoms with Gasteiger partial charge in [0, 0.05) is 55.0 Å². The van der Waals surface area contributed by atoms with Crippen LogP contribution in [0.1, 0.15) is 28.8 Å². The number of rotatable bonds is 5. The van der Waals surface area contributed by atoms with Crippen molar-refractivity contribution in [3.05, 3.63) is 100 Å². The molecule has 7 rings (SSSR count). The van der Waals surface area contributed by atoms with E-state index in [-0.39, 0.29) is 5.56 Å². The van der Waals surface area contributed by atoms with Crippen LogP contribution < -0.4 is 15.2 Å². The second kappa shape index (κ2) is 9.16. The van der Waals surface area contributed by atoms with E-state index in [1.54, 1.807) is 4.57 Å². The van der Waals surface area contributed by atoms with Gasteiger partial charge in [0.25, 0.3) is 0 Å². The number of nitrogens with zero attached hydrogens (tertiary/aromatic N) is 4. The zero-order chi connectivity index (χ0) is 26.5. The summed E-state index contributed by atoms with van der Waals surface area (Å²) in [6.45, 7) is 2.87. The third kappa shape index (κ3) is 4.05. The highest BCUT2D eigenvalue weighted by molar-refractivity contribution is 5.88. The lowest BCUT2D eigenvalue weighted by molar-refractivity contribution is 0.0695. The van der Waals surface area contributed by atoms with Crippen LogP contribution >= 0.6 is 0 Å². The molecule has 0 amide bonds. The van der Waals surface area contributed by atoms with Gasteiger partial charge in [-0.2, -0.15) is 4.98 Å². The van der Waals surface area contributed by atoms with E-state index < -0.39 is 11.4 Å². The van der Waals surface area contributed by atoms with Gasteiger partial charge >= 0.3 is 12.0 Å². The molecule has 0 radical (unpaired) electrons. The van der Waals surface area contributed by atoms with Crippen LogP contribution in [0.25, 0.3) is 28.0 Å². The Balaban J connectivity index is 1.31. The molecular weight excluding hydrogens is 492 g/mol. The lowest BCUT2D eigenvalue weighted by atomic mass is 10.1. The minimum Gasteiger partial charge on any atom is -0.477 e. The van der Waals surface area contributed by atoms with Crippen molar-refractivity contribution in [1.29, 1.82) is 0 Å². The Kier molecular flexibility index (Phi) is 5.47. The molecule has 2 aliphatic rings. The Morgan fingerprint density at radius 1 is 0.897 bits per heavy atom. The molecule has 39 heavy (non-hydrogen) atoms. The smallest absolute Gasteiger partial charge is 0.341 e. The molecule has 3 aromatic carbocycles. The van der Waals surface area contributed by atoms with Gasteiger partial charge in [0.05, 0.1) is 5.69 Å². The highest BCUT2D eigenvalue weighted by Gasteiger charge is 2.24. The monoisotopic (exact) mass is 518 g/mol. The van der Waals surface area contributed by atoms with Gasteiger partial charge in [-0.1, -0.05) is 30.3 Å². The first-order chi connectivity index (χ1) is 19.0. The highest BCUT2D eigenvalue weighted by Crippen LogP contribution is 2.36. The summed E-state index contributed by atoms with van der Waals surface area (Å²) in [4.78, 5) is 33.7. The molecule has 5 aromatic rings. The molecule has 2 aromatic heterocycles. The van der Waals surface area contributed by atoms with Gasteiger partial charge in [-0.15, -0.1) is 0 Å². The van der Waals surface area contributed by atoms with Crippen LogP contribution in [-0.4, -0.2) is 40.3 Å². The molecule has 4 heterocycles. The normalized spacial score (nSPS) is 14.8. The predicted molar refractivity (Wildman–Crippen MR) is 151 cm³/mol. The Bertz CT molecular complexity index is 1780. The van der Waals surface area contributed by atoms with E-state index in [0.717, 1.165) is 43.0 Å². The Labute approximate surface area is 224 Å². The fraction of sp³-hybridized carbons (Fsp3) is 0.194. The van der Waals surface area contributed by atoms with Gasteiger partial charge in [0.1, 0.15) is 11.1 Å². The SMILES string of the molecule is O=C(O)c1cn(-c2ccc3nc(N4CCc5ccccc54)oc3c2)c(-c2ccc(N3CCCC3)cc2)cc1=O. The Morgan fingerprint density at radius 2 is 1.67 bits per heavy atom. The number of aromatic nitrogens is 2. The number of carboxylic acids is 1. The van der Waals surface area contributed by atoms with Gasteiger partial charge in [-0.05, 0) is 60.7 Å². The minimum absolute atomic E-state index is 0.292. The van der Waals surface area contributed by atoms with E-state index in [0.29, 0.717) is 28.5 Å². The number of carboxylic acid groups (broad SMARTS) is 1. The zero-order valence-electron chi connectivity index (χ0n) is 21.2. The molecule has 1 fully saturated rings. The molecule has 8 nitrogen and oxygen atoms in total. The van der Waals surface area contributed by atoms with Crippen molar-refractivity contribution in [2.24, 2.45) is 0 Å². The summed E-state index contributed by atoms with van der Waals surface area (Å²) >= 11 is 0. The first kappa shape index (κ1) is 23.3. The number of benzene rings is 3. The van der Waals surface area contributed by atoms with Crippen molar-refractivity contribution in [3.8, 4) is 16.9 Å². The quantitative estimate of drug-likeness (QED) is 0.322. The number of hydrogen-bond donors (Lipinski definition) is 1. The largest absolute Gasteiger partial charge is 0.477 e. The third-order valence-corrected chi connectivity index (χ3v) is 7.67. The third-order valence-electron chi connectivity index (χ3n) is 7.67. The summed E-state index contributed by atoms with van der Waals surface area (Å²) in [5.41, 5.74) is 6.05. The Morgan fingerprint density at radius 3 is 2.46 bits per heavy atom. The van der Waals surface area contributed by atoms with Crippen LogP contribution in [0.5, 0.6) is 0 Å². The van der Waals surface area contributed by atoms with Gasteiger partial charge in [0.15, 0.2) is 11.0 Å². The number of aromatic carboxylic acids is 1. The fourth-order valence-corrected chi connectivity index (χ4v) is 5.65. The van der Waals surface area contributed by atoms with E-state index in [1.807, 2.05) is 42.5 Å². The minimum atomic E-state index is -1.26. The summed E-state index contributed by atoms with van der Waals surface area (Å²) in [5, 5.41) is 9.68. The first-order valence-corrected chi connectivity index (χ1v) is 13.2. The van der Waals surface area contributed by atoms with Crippen LogP contribution in [-0.2, 0) is 6.42 Å². The molecule has 2 aliphatic heterocycles. The number of hydrogen-bond acceptors (Lipinski definition) is 6. The topological polar surface area (TPSA) is 91.8 Å². The number of oxazole rings is 1. The summed E-state index contributed by atoms with van der Waals surface area (Å²) in [5.74, 6) is -1.26. The summed E-state index contributed by atoms with van der Waals surface area (Å²) in [7, 11) is 0. The van der Waals surface area contributed by atoms with Crippen molar-refractivity contribution in [3.63, 3.8) is 0 Å². The molecule has 8 heteroatoms. The summed E-state index contributed by atoms with van der Waals surface area (Å²) < 4.78 is 7.95. The predicted octanol–water partition coefficient (Wildman–Crippen LogP) is 5.64. The van der Waals surface area contributed by atoms with Gasteiger partial charge in [-0.3, -0.25) is 9.69 Å². The molecule has 0 saturated carbocycles. The molecule has 0 bridgehead atoms. The number of carbonyl (C=O) groups is 1. The fourth-order valence-electron chi connectivity index (χ4n) is 5.65. The standard InChI is InChI=1S/C31H26N4O4/c36-28-18-27(21-7-9-22(10-8-21)33-14-3-4-15-33)35(19-24(28)30(37)38)23-11-12-25-29(17-23)39-31(32-25)34-16-13-20-5-1-2-6-26(20)34/h1-2,5-12,17-19H,3-4,13-16H2,(H,37,38). The van der Waals surface area contributed by atoms with Gasteiger partial charge in [0.2, 0.25) is 0 Å². The summed E-state index contributed by atoms with van der Waals surface area (Å²) in [6.07, 6.45) is 4.70. The average molecular weight is 519 g/mol. The Hall–Kier alpha value is -4.85. The van der Waals surface area contributed by atoms with Gasteiger partial charge in [-0.25, -0.2) is 4.79 Å². The van der Waals surface area contributed by atoms with Crippen LogP contribution in [0, 0.1) is 0 Å². The van der Waals surface area contributed by atoms with Crippen molar-refractivity contribution in [2.75, 3.05) is 29.4 Å². The molecule has 0 atom stereocenters. The van der Waals surface area contributed by atoms with Crippen LogP contribution in [0.3, 0.4) is 0 Å². The second-order valence-corrected chi connectivity index (χ2v) is 10.0. The van der Waals surface area contributed by atoms with Crippen molar-refractivity contribution < 1.29 is 14.3 Å². The first-order valence-electron chi connectivity index (χ1n) is 13.2. The molecule has 1 saturated heterocycles. The molecule has 194 valence electrons. The molecule has 0 spiro atoms. The number of anilines is 3.